The molecule has 3 aliphatic rings. The van der Waals surface area contributed by atoms with Crippen LogP contribution in [-0.4, -0.2) is 48.1 Å². The van der Waals surface area contributed by atoms with Gasteiger partial charge in [-0.2, -0.15) is 0 Å². The SMILES string of the molecule is NS(=O)(=O)CCNCc1c2c(nc3cc4c(cc13)OCO4)-c1cc3c(c(=O)n1C2)COC(=O)[C@H]3O. The van der Waals surface area contributed by atoms with Crippen molar-refractivity contribution >= 4 is 26.9 Å². The second kappa shape index (κ2) is 7.75. The summed E-state index contributed by atoms with van der Waals surface area (Å²) in [4.78, 5) is 29.9. The molecular formula is C22H20N4O8S. The molecule has 0 saturated heterocycles. The fraction of sp³-hybridized carbons (Fsp3) is 0.318. The number of carbonyl (C=O) groups is 1. The monoisotopic (exact) mass is 500 g/mol. The number of nitrogens with one attached hydrogen (secondary N) is 1. The van der Waals surface area contributed by atoms with Gasteiger partial charge in [-0.3, -0.25) is 4.79 Å². The maximum atomic E-state index is 13.3. The molecule has 3 aromatic rings. The molecule has 4 N–H and O–H groups in total. The van der Waals surface area contributed by atoms with Crippen molar-refractivity contribution < 1.29 is 32.5 Å². The van der Waals surface area contributed by atoms with Gasteiger partial charge in [0.1, 0.15) is 6.61 Å². The first-order chi connectivity index (χ1) is 16.7. The van der Waals surface area contributed by atoms with Crippen LogP contribution in [0.1, 0.15) is 28.4 Å². The lowest BCUT2D eigenvalue weighted by atomic mass is 9.98. The minimum atomic E-state index is -3.63. The molecule has 0 aliphatic carbocycles. The molecule has 1 aromatic carbocycles. The van der Waals surface area contributed by atoms with E-state index in [-0.39, 0.29) is 55.5 Å². The molecule has 3 aliphatic heterocycles. The summed E-state index contributed by atoms with van der Waals surface area (Å²) in [6, 6.07) is 5.17. The molecule has 0 radical (unpaired) electrons. The summed E-state index contributed by atoms with van der Waals surface area (Å²) in [5.41, 5.74) is 3.25. The molecule has 0 bridgehead atoms. The Balaban J connectivity index is 1.51. The first-order valence-electron chi connectivity index (χ1n) is 10.8. The Hall–Kier alpha value is -3.52. The lowest BCUT2D eigenvalue weighted by Crippen LogP contribution is -2.32. The molecule has 0 spiro atoms. The van der Waals surface area contributed by atoms with E-state index in [2.05, 4.69) is 5.32 Å². The average molecular weight is 500 g/mol. The molecule has 0 saturated carbocycles. The standard InChI is InChI=1S/C22H20N4O8S/c23-35(30,31)2-1-24-6-12-10-4-17-18(34-9-33-17)5-15(10)25-19-13(12)7-26-16(19)3-11-14(21(26)28)8-32-22(29)20(11)27/h3-5,20,24,27H,1-2,6-9H2,(H2,23,30,31)/t20-/m0/s1. The number of ether oxygens (including phenoxy) is 3. The van der Waals surface area contributed by atoms with Crippen molar-refractivity contribution in [3.05, 3.63) is 50.8 Å². The third-order valence-corrected chi connectivity index (χ3v) is 7.21. The van der Waals surface area contributed by atoms with Gasteiger partial charge in [0.25, 0.3) is 5.56 Å². The Labute approximate surface area is 198 Å². The first kappa shape index (κ1) is 22.0. The highest BCUT2D eigenvalue weighted by molar-refractivity contribution is 7.89. The molecule has 182 valence electrons. The second-order valence-corrected chi connectivity index (χ2v) is 10.3. The van der Waals surface area contributed by atoms with E-state index in [1.165, 1.54) is 4.57 Å². The largest absolute Gasteiger partial charge is 0.458 e. The molecule has 1 atom stereocenters. The van der Waals surface area contributed by atoms with Gasteiger partial charge in [0.05, 0.1) is 34.8 Å². The fourth-order valence-electron chi connectivity index (χ4n) is 4.73. The molecule has 35 heavy (non-hydrogen) atoms. The van der Waals surface area contributed by atoms with Crippen LogP contribution in [0.25, 0.3) is 22.3 Å². The quantitative estimate of drug-likeness (QED) is 0.242. The van der Waals surface area contributed by atoms with Gasteiger partial charge in [-0.25, -0.2) is 23.3 Å². The van der Waals surface area contributed by atoms with Crippen LogP contribution in [-0.2, 0) is 39.3 Å². The summed E-state index contributed by atoms with van der Waals surface area (Å²) >= 11 is 0. The van der Waals surface area contributed by atoms with Crippen LogP contribution < -0.4 is 25.5 Å². The topological polar surface area (TPSA) is 172 Å². The maximum absolute atomic E-state index is 13.3. The van der Waals surface area contributed by atoms with E-state index in [0.29, 0.717) is 28.4 Å². The fourth-order valence-corrected chi connectivity index (χ4v) is 5.16. The predicted molar refractivity (Wildman–Crippen MR) is 121 cm³/mol. The van der Waals surface area contributed by atoms with Crippen molar-refractivity contribution in [2.45, 2.75) is 25.8 Å². The minimum Gasteiger partial charge on any atom is -0.458 e. The first-order valence-corrected chi connectivity index (χ1v) is 12.5. The van der Waals surface area contributed by atoms with E-state index in [1.54, 1.807) is 12.1 Å². The highest BCUT2D eigenvalue weighted by Crippen LogP contribution is 2.42. The van der Waals surface area contributed by atoms with Crippen LogP contribution in [0, 0.1) is 0 Å². The number of nitrogens with two attached hydrogens (primary N) is 1. The van der Waals surface area contributed by atoms with Crippen molar-refractivity contribution in [3.63, 3.8) is 0 Å². The zero-order valence-electron chi connectivity index (χ0n) is 18.2. The predicted octanol–water partition coefficient (Wildman–Crippen LogP) is -0.378. The minimum absolute atomic E-state index is 0.0890. The van der Waals surface area contributed by atoms with Crippen molar-refractivity contribution in [1.82, 2.24) is 14.9 Å². The molecule has 2 aromatic heterocycles. The summed E-state index contributed by atoms with van der Waals surface area (Å²) in [5, 5.41) is 19.3. The zero-order valence-corrected chi connectivity index (χ0v) is 19.1. The summed E-state index contributed by atoms with van der Waals surface area (Å²) in [6.45, 7) is 0.507. The second-order valence-electron chi connectivity index (χ2n) is 8.55. The number of aliphatic hydroxyl groups is 1. The van der Waals surface area contributed by atoms with E-state index >= 15 is 0 Å². The van der Waals surface area contributed by atoms with Gasteiger partial charge in [-0.15, -0.1) is 0 Å². The number of primary sulfonamides is 1. The molecule has 0 fully saturated rings. The highest BCUT2D eigenvalue weighted by atomic mass is 32.2. The normalized spacial score (nSPS) is 17.8. The van der Waals surface area contributed by atoms with Crippen LogP contribution in [0.4, 0.5) is 0 Å². The zero-order chi connectivity index (χ0) is 24.5. The Bertz CT molecular complexity index is 1600. The Morgan fingerprint density at radius 1 is 1.14 bits per heavy atom. The number of hydrogen-bond acceptors (Lipinski definition) is 10. The van der Waals surface area contributed by atoms with E-state index in [1.807, 2.05) is 6.07 Å². The third-order valence-electron chi connectivity index (χ3n) is 6.43. The molecule has 5 heterocycles. The average Bonchev–Trinajstić information content (AvgIpc) is 3.41. The van der Waals surface area contributed by atoms with Crippen LogP contribution in [0.3, 0.4) is 0 Å². The maximum Gasteiger partial charge on any atom is 0.340 e. The summed E-state index contributed by atoms with van der Waals surface area (Å²) in [7, 11) is -3.63. The Morgan fingerprint density at radius 2 is 1.91 bits per heavy atom. The summed E-state index contributed by atoms with van der Waals surface area (Å²) in [6.07, 6.45) is -1.55. The van der Waals surface area contributed by atoms with Crippen molar-refractivity contribution in [2.24, 2.45) is 5.14 Å². The van der Waals surface area contributed by atoms with Crippen LogP contribution >= 0.6 is 0 Å². The summed E-state index contributed by atoms with van der Waals surface area (Å²) in [5.74, 6) is 0.0612. The highest BCUT2D eigenvalue weighted by Gasteiger charge is 2.35. The van der Waals surface area contributed by atoms with Gasteiger partial charge in [0.2, 0.25) is 16.8 Å². The number of rotatable bonds is 5. The molecule has 12 nitrogen and oxygen atoms in total. The van der Waals surface area contributed by atoms with Crippen molar-refractivity contribution in [1.29, 1.82) is 0 Å². The van der Waals surface area contributed by atoms with E-state index in [4.69, 9.17) is 24.3 Å². The van der Waals surface area contributed by atoms with Gasteiger partial charge in [0.15, 0.2) is 17.6 Å². The number of aliphatic hydroxyl groups excluding tert-OH is 1. The number of aromatic nitrogens is 2. The number of hydrogen-bond donors (Lipinski definition) is 3. The number of carbonyl (C=O) groups excluding carboxylic acids is 1. The van der Waals surface area contributed by atoms with Crippen molar-refractivity contribution in [3.8, 4) is 22.9 Å². The lowest BCUT2D eigenvalue weighted by Gasteiger charge is -2.21. The number of cyclic esters (lactones) is 1. The van der Waals surface area contributed by atoms with Crippen LogP contribution in [0.2, 0.25) is 0 Å². The van der Waals surface area contributed by atoms with Gasteiger partial charge in [-0.05, 0) is 17.7 Å². The van der Waals surface area contributed by atoms with Gasteiger partial charge >= 0.3 is 5.97 Å². The number of nitrogens with zero attached hydrogens (tertiary/aromatic N) is 2. The third kappa shape index (κ3) is 3.55. The number of pyridine rings is 2. The van der Waals surface area contributed by atoms with E-state index in [0.717, 1.165) is 16.5 Å². The number of sulfonamides is 1. The molecule has 6 rings (SSSR count). The van der Waals surface area contributed by atoms with Crippen LogP contribution in [0.5, 0.6) is 11.5 Å². The molecule has 0 amide bonds. The molecule has 0 unspecified atom stereocenters. The molecular weight excluding hydrogens is 480 g/mol. The number of fused-ring (bicyclic) bond motifs is 6. The molecule has 13 heteroatoms. The van der Waals surface area contributed by atoms with E-state index in [9.17, 15) is 23.1 Å². The number of esters is 1. The van der Waals surface area contributed by atoms with Crippen molar-refractivity contribution in [2.75, 3.05) is 19.1 Å². The Morgan fingerprint density at radius 3 is 2.69 bits per heavy atom. The van der Waals surface area contributed by atoms with E-state index < -0.39 is 22.1 Å². The number of benzene rings is 1. The van der Waals surface area contributed by atoms with Gasteiger partial charge in [0, 0.05) is 35.7 Å². The van der Waals surface area contributed by atoms with Gasteiger partial charge < -0.3 is 29.2 Å². The lowest BCUT2D eigenvalue weighted by molar-refractivity contribution is -0.157. The van der Waals surface area contributed by atoms with Crippen LogP contribution in [0.15, 0.2) is 23.0 Å². The smallest absolute Gasteiger partial charge is 0.340 e. The Kier molecular flexibility index (Phi) is 4.86. The van der Waals surface area contributed by atoms with Gasteiger partial charge in [-0.1, -0.05) is 0 Å². The summed E-state index contributed by atoms with van der Waals surface area (Å²) < 4.78 is 40.2.